The van der Waals surface area contributed by atoms with Gasteiger partial charge in [-0.1, -0.05) is 19.0 Å². The Kier molecular flexibility index (Phi) is 6.49. The topological polar surface area (TPSA) is 78.1 Å². The molecule has 5 rings (SSSR count). The summed E-state index contributed by atoms with van der Waals surface area (Å²) in [5.41, 5.74) is 9.16. The Labute approximate surface area is 220 Å². The molecule has 1 fully saturated rings. The lowest BCUT2D eigenvalue weighted by atomic mass is 9.72. The third-order valence-electron chi connectivity index (χ3n) is 7.61. The zero-order valence-corrected chi connectivity index (χ0v) is 23.3. The van der Waals surface area contributed by atoms with E-state index < -0.39 is 5.60 Å². The maximum atomic E-state index is 12.2. The monoisotopic (exact) mass is 501 g/mol. The van der Waals surface area contributed by atoms with Crippen molar-refractivity contribution in [2.24, 2.45) is 5.41 Å². The predicted molar refractivity (Wildman–Crippen MR) is 144 cm³/mol. The van der Waals surface area contributed by atoms with Crippen LogP contribution in [0.4, 0.5) is 0 Å². The zero-order valence-electron chi connectivity index (χ0n) is 23.3. The van der Waals surface area contributed by atoms with E-state index in [2.05, 4.69) is 45.0 Å². The Bertz CT molecular complexity index is 1320. The highest BCUT2D eigenvalue weighted by molar-refractivity contribution is 5.71. The molecular formula is C31H39N3O3. The highest BCUT2D eigenvalue weighted by atomic mass is 16.6. The van der Waals surface area contributed by atoms with E-state index in [1.165, 1.54) is 29.7 Å². The Morgan fingerprint density at radius 3 is 2.49 bits per heavy atom. The second kappa shape index (κ2) is 9.38. The normalized spacial score (nSPS) is 16.9. The van der Waals surface area contributed by atoms with Gasteiger partial charge in [0.05, 0.1) is 5.56 Å². The van der Waals surface area contributed by atoms with Crippen molar-refractivity contribution in [2.75, 3.05) is 0 Å². The Balaban J connectivity index is 1.40. The fourth-order valence-corrected chi connectivity index (χ4v) is 5.60. The molecule has 6 nitrogen and oxygen atoms in total. The largest absolute Gasteiger partial charge is 0.460 e. The number of rotatable bonds is 6. The molecule has 1 aromatic carbocycles. The van der Waals surface area contributed by atoms with Crippen molar-refractivity contribution in [1.29, 1.82) is 0 Å². The maximum absolute atomic E-state index is 12.2. The Morgan fingerprint density at radius 1 is 1.14 bits per heavy atom. The van der Waals surface area contributed by atoms with Crippen molar-refractivity contribution in [2.45, 2.75) is 105 Å². The van der Waals surface area contributed by atoms with Gasteiger partial charge in [-0.3, -0.25) is 9.78 Å². The van der Waals surface area contributed by atoms with Gasteiger partial charge < -0.3 is 9.26 Å². The second-order valence-corrected chi connectivity index (χ2v) is 12.7. The summed E-state index contributed by atoms with van der Waals surface area (Å²) in [7, 11) is 0. The third kappa shape index (κ3) is 5.63. The fourth-order valence-electron chi connectivity index (χ4n) is 5.60. The van der Waals surface area contributed by atoms with E-state index in [0.29, 0.717) is 30.5 Å². The number of aryl methyl sites for hydroxylation is 2. The van der Waals surface area contributed by atoms with Crippen LogP contribution in [0.3, 0.4) is 0 Å². The number of benzene rings is 1. The summed E-state index contributed by atoms with van der Waals surface area (Å²) in [4.78, 5) is 21.9. The van der Waals surface area contributed by atoms with Crippen molar-refractivity contribution in [3.05, 3.63) is 51.8 Å². The molecule has 2 aliphatic carbocycles. The summed E-state index contributed by atoms with van der Waals surface area (Å²) in [6.07, 6.45) is 8.67. The lowest BCUT2D eigenvalue weighted by Gasteiger charge is -2.33. The molecule has 0 amide bonds. The van der Waals surface area contributed by atoms with Crippen molar-refractivity contribution >= 4 is 5.97 Å². The number of carbonyl (C=O) groups excluding carboxylic acids is 1. The van der Waals surface area contributed by atoms with Crippen molar-refractivity contribution in [3.63, 3.8) is 0 Å². The molecule has 0 aliphatic heterocycles. The van der Waals surface area contributed by atoms with Gasteiger partial charge in [-0.25, -0.2) is 0 Å². The first-order chi connectivity index (χ1) is 17.4. The molecule has 196 valence electrons. The molecule has 0 spiro atoms. The number of pyridine rings is 1. The van der Waals surface area contributed by atoms with Crippen LogP contribution < -0.4 is 0 Å². The van der Waals surface area contributed by atoms with E-state index in [4.69, 9.17) is 19.2 Å². The average Bonchev–Trinajstić information content (AvgIpc) is 3.51. The number of aromatic nitrogens is 3. The average molecular weight is 502 g/mol. The molecule has 0 saturated heterocycles. The molecule has 3 aromatic rings. The molecule has 6 heteroatoms. The van der Waals surface area contributed by atoms with Gasteiger partial charge in [0.2, 0.25) is 5.82 Å². The second-order valence-electron chi connectivity index (χ2n) is 12.7. The van der Waals surface area contributed by atoms with E-state index in [1.807, 2.05) is 27.0 Å². The van der Waals surface area contributed by atoms with Crippen LogP contribution in [-0.4, -0.2) is 26.7 Å². The van der Waals surface area contributed by atoms with Crippen LogP contribution in [0.2, 0.25) is 0 Å². The SMILES string of the molecule is Cc1cc(-c2noc(-c3cnc(C4CC4)c4c3CCC(C)(C)C4)n2)cc(C)c1CCC(=O)OC(C)(C)C. The molecule has 0 atom stereocenters. The number of hydrogen-bond acceptors (Lipinski definition) is 6. The Morgan fingerprint density at radius 2 is 1.84 bits per heavy atom. The molecule has 2 aromatic heterocycles. The summed E-state index contributed by atoms with van der Waals surface area (Å²) in [6, 6.07) is 4.16. The van der Waals surface area contributed by atoms with Crippen molar-refractivity contribution in [1.82, 2.24) is 15.1 Å². The smallest absolute Gasteiger partial charge is 0.306 e. The number of carbonyl (C=O) groups is 1. The molecule has 0 radical (unpaired) electrons. The first kappa shape index (κ1) is 25.6. The van der Waals surface area contributed by atoms with Gasteiger partial charge in [0, 0.05) is 29.8 Å². The van der Waals surface area contributed by atoms with E-state index in [-0.39, 0.29) is 11.4 Å². The van der Waals surface area contributed by atoms with E-state index in [1.54, 1.807) is 0 Å². The van der Waals surface area contributed by atoms with Gasteiger partial charge >= 0.3 is 5.97 Å². The summed E-state index contributed by atoms with van der Waals surface area (Å²) in [6.45, 7) is 14.5. The maximum Gasteiger partial charge on any atom is 0.306 e. The van der Waals surface area contributed by atoms with E-state index >= 15 is 0 Å². The minimum atomic E-state index is -0.468. The van der Waals surface area contributed by atoms with Gasteiger partial charge in [-0.15, -0.1) is 0 Å². The standard InChI is InChI=1S/C31H39N3O3/c1-18-14-21(15-19(2)22(18)10-11-26(35)36-30(3,4)5)28-33-29(37-34-28)25-17-32-27(20-8-9-20)24-16-31(6,7)13-12-23(24)25/h14-15,17,20H,8-13,16H2,1-7H3. The van der Waals surface area contributed by atoms with Crippen LogP contribution in [0.5, 0.6) is 0 Å². The quantitative estimate of drug-likeness (QED) is 0.336. The number of hydrogen-bond donors (Lipinski definition) is 0. The minimum absolute atomic E-state index is 0.175. The van der Waals surface area contributed by atoms with Crippen LogP contribution in [0.1, 0.15) is 99.7 Å². The van der Waals surface area contributed by atoms with Crippen molar-refractivity contribution < 1.29 is 14.1 Å². The molecule has 2 heterocycles. The highest BCUT2D eigenvalue weighted by Gasteiger charge is 2.35. The van der Waals surface area contributed by atoms with Crippen LogP contribution in [0.15, 0.2) is 22.9 Å². The van der Waals surface area contributed by atoms with E-state index in [9.17, 15) is 4.79 Å². The van der Waals surface area contributed by atoms with Gasteiger partial charge in [0.1, 0.15) is 5.60 Å². The van der Waals surface area contributed by atoms with Crippen LogP contribution in [0, 0.1) is 19.3 Å². The van der Waals surface area contributed by atoms with Crippen molar-refractivity contribution in [3.8, 4) is 22.8 Å². The highest BCUT2D eigenvalue weighted by Crippen LogP contribution is 2.47. The number of fused-ring (bicyclic) bond motifs is 1. The predicted octanol–water partition coefficient (Wildman–Crippen LogP) is 7.08. The molecular weight excluding hydrogens is 462 g/mol. The number of esters is 1. The summed E-state index contributed by atoms with van der Waals surface area (Å²) < 4.78 is 11.3. The van der Waals surface area contributed by atoms with Gasteiger partial charge in [0.25, 0.3) is 5.89 Å². The zero-order chi connectivity index (χ0) is 26.5. The number of ether oxygens (including phenoxy) is 1. The summed E-state index contributed by atoms with van der Waals surface area (Å²) >= 11 is 0. The van der Waals surface area contributed by atoms with E-state index in [0.717, 1.165) is 47.1 Å². The summed E-state index contributed by atoms with van der Waals surface area (Å²) in [5, 5.41) is 4.35. The molecule has 2 aliphatic rings. The third-order valence-corrected chi connectivity index (χ3v) is 7.61. The van der Waals surface area contributed by atoms with Gasteiger partial charge in [-0.05, 0) is 119 Å². The molecule has 0 bridgehead atoms. The lowest BCUT2D eigenvalue weighted by molar-refractivity contribution is -0.154. The van der Waals surface area contributed by atoms with Crippen LogP contribution in [-0.2, 0) is 28.8 Å². The fraction of sp³-hybridized carbons (Fsp3) is 0.548. The minimum Gasteiger partial charge on any atom is -0.460 e. The molecule has 37 heavy (non-hydrogen) atoms. The van der Waals surface area contributed by atoms with Crippen LogP contribution in [0.25, 0.3) is 22.8 Å². The molecule has 0 unspecified atom stereocenters. The molecule has 0 N–H and O–H groups in total. The first-order valence-corrected chi connectivity index (χ1v) is 13.6. The van der Waals surface area contributed by atoms with Crippen LogP contribution >= 0.6 is 0 Å². The number of nitrogens with zero attached hydrogens (tertiary/aromatic N) is 3. The Hall–Kier alpha value is -3.02. The van der Waals surface area contributed by atoms with Gasteiger partial charge in [-0.2, -0.15) is 4.98 Å². The summed E-state index contributed by atoms with van der Waals surface area (Å²) in [5.74, 6) is 1.57. The van der Waals surface area contributed by atoms with Gasteiger partial charge in [0.15, 0.2) is 0 Å². The first-order valence-electron chi connectivity index (χ1n) is 13.6. The lowest BCUT2D eigenvalue weighted by Crippen LogP contribution is -2.24. The molecule has 1 saturated carbocycles.